The molecule has 5 nitrogen and oxygen atoms in total. The molecule has 0 radical (unpaired) electrons. The van der Waals surface area contributed by atoms with Crippen molar-refractivity contribution in [2.45, 2.75) is 31.4 Å². The lowest BCUT2D eigenvalue weighted by Crippen LogP contribution is -2.03. The molecule has 0 spiro atoms. The number of halogens is 1. The maximum absolute atomic E-state index is 12.5. The van der Waals surface area contributed by atoms with Gasteiger partial charge in [0.1, 0.15) is 21.3 Å². The Morgan fingerprint density at radius 3 is 2.62 bits per heavy atom. The lowest BCUT2D eigenvalue weighted by atomic mass is 10.2. The Morgan fingerprint density at radius 1 is 1.12 bits per heavy atom. The van der Waals surface area contributed by atoms with Gasteiger partial charge < -0.3 is 9.47 Å². The number of thioether (sulfide) groups is 1. The van der Waals surface area contributed by atoms with E-state index in [1.54, 1.807) is 30.8 Å². The molecule has 4 rings (SSSR count). The van der Waals surface area contributed by atoms with Gasteiger partial charge in [0.05, 0.1) is 17.7 Å². The number of rotatable bonds is 7. The SMILES string of the molecule is CCOC(=O)c1sc2nc(CSc3ccccc3)nc(Oc3ccc(Cl)c(C)c3)c2c1C. The summed E-state index contributed by atoms with van der Waals surface area (Å²) in [7, 11) is 0. The van der Waals surface area contributed by atoms with E-state index < -0.39 is 0 Å². The smallest absolute Gasteiger partial charge is 0.348 e. The largest absolute Gasteiger partial charge is 0.462 e. The third-order valence-corrected chi connectivity index (χ3v) is 7.32. The summed E-state index contributed by atoms with van der Waals surface area (Å²) >= 11 is 9.11. The highest BCUT2D eigenvalue weighted by Gasteiger charge is 2.22. The first-order valence-electron chi connectivity index (χ1n) is 10.0. The fraction of sp³-hybridized carbons (Fsp3) is 0.208. The van der Waals surface area contributed by atoms with Crippen LogP contribution in [0.5, 0.6) is 11.6 Å². The van der Waals surface area contributed by atoms with Crippen molar-refractivity contribution < 1.29 is 14.3 Å². The van der Waals surface area contributed by atoms with Crippen LogP contribution >= 0.6 is 34.7 Å². The van der Waals surface area contributed by atoms with Gasteiger partial charge in [-0.2, -0.15) is 4.98 Å². The van der Waals surface area contributed by atoms with E-state index in [4.69, 9.17) is 31.0 Å². The number of fused-ring (bicyclic) bond motifs is 1. The van der Waals surface area contributed by atoms with Gasteiger partial charge in [0, 0.05) is 9.92 Å². The predicted octanol–water partition coefficient (Wildman–Crippen LogP) is 7.22. The second-order valence-electron chi connectivity index (χ2n) is 7.02. The second-order valence-corrected chi connectivity index (χ2v) is 9.47. The number of benzene rings is 2. The van der Waals surface area contributed by atoms with Crippen LogP contribution in [0.3, 0.4) is 0 Å². The molecule has 0 atom stereocenters. The van der Waals surface area contributed by atoms with Crippen molar-refractivity contribution in [1.29, 1.82) is 0 Å². The Kier molecular flexibility index (Phi) is 6.98. The highest BCUT2D eigenvalue weighted by Crippen LogP contribution is 2.38. The van der Waals surface area contributed by atoms with Crippen LogP contribution in [0.2, 0.25) is 5.02 Å². The zero-order valence-electron chi connectivity index (χ0n) is 17.8. The molecule has 0 saturated heterocycles. The van der Waals surface area contributed by atoms with E-state index >= 15 is 0 Å². The van der Waals surface area contributed by atoms with Crippen LogP contribution in [0.1, 0.15) is 33.5 Å². The van der Waals surface area contributed by atoms with E-state index in [0.717, 1.165) is 21.4 Å². The van der Waals surface area contributed by atoms with Gasteiger partial charge in [0.25, 0.3) is 0 Å². The van der Waals surface area contributed by atoms with Crippen molar-refractivity contribution in [3.05, 3.63) is 75.4 Å². The normalized spacial score (nSPS) is 11.0. The molecule has 8 heteroatoms. The van der Waals surface area contributed by atoms with Gasteiger partial charge in [-0.3, -0.25) is 0 Å². The minimum absolute atomic E-state index is 0.310. The molecular formula is C24H21ClN2O3S2. The summed E-state index contributed by atoms with van der Waals surface area (Å²) < 4.78 is 11.4. The third-order valence-electron chi connectivity index (χ3n) is 4.72. The molecule has 0 fully saturated rings. The van der Waals surface area contributed by atoms with Gasteiger partial charge in [-0.1, -0.05) is 29.8 Å². The van der Waals surface area contributed by atoms with Crippen LogP contribution in [0, 0.1) is 13.8 Å². The first-order valence-corrected chi connectivity index (χ1v) is 12.2. The predicted molar refractivity (Wildman–Crippen MR) is 130 cm³/mol. The lowest BCUT2D eigenvalue weighted by Gasteiger charge is -2.10. The fourth-order valence-corrected chi connectivity index (χ4v) is 5.11. The molecule has 32 heavy (non-hydrogen) atoms. The van der Waals surface area contributed by atoms with Gasteiger partial charge in [0.15, 0.2) is 0 Å². The number of ether oxygens (including phenoxy) is 2. The average molecular weight is 485 g/mol. The van der Waals surface area contributed by atoms with Crippen LogP contribution in [-0.4, -0.2) is 22.5 Å². The molecule has 0 aliphatic heterocycles. The molecule has 0 unspecified atom stereocenters. The maximum atomic E-state index is 12.5. The fourth-order valence-electron chi connectivity index (χ4n) is 3.13. The molecule has 0 aliphatic rings. The quantitative estimate of drug-likeness (QED) is 0.204. The molecule has 2 aromatic heterocycles. The summed E-state index contributed by atoms with van der Waals surface area (Å²) in [4.78, 5) is 24.2. The zero-order chi connectivity index (χ0) is 22.7. The van der Waals surface area contributed by atoms with Crippen molar-refractivity contribution >= 4 is 50.9 Å². The highest BCUT2D eigenvalue weighted by molar-refractivity contribution is 7.98. The monoisotopic (exact) mass is 484 g/mol. The Balaban J connectivity index is 1.76. The molecule has 4 aromatic rings. The molecular weight excluding hydrogens is 464 g/mol. The van der Waals surface area contributed by atoms with Crippen molar-refractivity contribution in [2.75, 3.05) is 6.61 Å². The van der Waals surface area contributed by atoms with Gasteiger partial charge in [-0.15, -0.1) is 23.1 Å². The van der Waals surface area contributed by atoms with E-state index in [1.165, 1.54) is 11.3 Å². The van der Waals surface area contributed by atoms with Crippen LogP contribution < -0.4 is 4.74 Å². The molecule has 0 amide bonds. The van der Waals surface area contributed by atoms with Crippen molar-refractivity contribution in [3.8, 4) is 11.6 Å². The van der Waals surface area contributed by atoms with Crippen LogP contribution in [0.15, 0.2) is 53.4 Å². The summed E-state index contributed by atoms with van der Waals surface area (Å²) in [6.45, 7) is 5.88. The maximum Gasteiger partial charge on any atom is 0.348 e. The lowest BCUT2D eigenvalue weighted by molar-refractivity contribution is 0.0531. The van der Waals surface area contributed by atoms with Gasteiger partial charge >= 0.3 is 5.97 Å². The van der Waals surface area contributed by atoms with Crippen LogP contribution in [0.25, 0.3) is 10.2 Å². The number of nitrogens with zero attached hydrogens (tertiary/aromatic N) is 2. The first-order chi connectivity index (χ1) is 15.5. The molecule has 2 aromatic carbocycles. The van der Waals surface area contributed by atoms with Gasteiger partial charge in [-0.25, -0.2) is 9.78 Å². The number of aromatic nitrogens is 2. The highest BCUT2D eigenvalue weighted by atomic mass is 35.5. The third kappa shape index (κ3) is 4.90. The number of aryl methyl sites for hydroxylation is 2. The van der Waals surface area contributed by atoms with E-state index in [1.807, 2.05) is 50.2 Å². The molecule has 0 N–H and O–H groups in total. The van der Waals surface area contributed by atoms with Crippen molar-refractivity contribution in [3.63, 3.8) is 0 Å². The summed E-state index contributed by atoms with van der Waals surface area (Å²) in [5, 5.41) is 1.39. The second kappa shape index (κ2) is 9.90. The minimum atomic E-state index is -0.360. The Morgan fingerprint density at radius 2 is 1.91 bits per heavy atom. The zero-order valence-corrected chi connectivity index (χ0v) is 20.2. The van der Waals surface area contributed by atoms with Gasteiger partial charge in [0.2, 0.25) is 5.88 Å². The summed E-state index contributed by atoms with van der Waals surface area (Å²) in [6.07, 6.45) is 0. The van der Waals surface area contributed by atoms with E-state index in [0.29, 0.717) is 44.5 Å². The molecule has 0 saturated carbocycles. The molecule has 164 valence electrons. The number of carbonyl (C=O) groups excluding carboxylic acids is 1. The summed E-state index contributed by atoms with van der Waals surface area (Å²) in [6, 6.07) is 15.5. The van der Waals surface area contributed by atoms with E-state index in [-0.39, 0.29) is 5.97 Å². The van der Waals surface area contributed by atoms with Gasteiger partial charge in [-0.05, 0) is 62.2 Å². The standard InChI is InChI=1S/C24H21ClN2O3S2/c1-4-29-24(28)21-15(3)20-22(30-16-10-11-18(25)14(2)12-16)26-19(27-23(20)32-21)13-31-17-8-6-5-7-9-17/h5-12H,4,13H2,1-3H3. The number of thiophene rings is 1. The molecule has 0 bridgehead atoms. The Labute approximate surface area is 199 Å². The van der Waals surface area contributed by atoms with Crippen molar-refractivity contribution in [1.82, 2.24) is 9.97 Å². The average Bonchev–Trinajstić information content (AvgIpc) is 3.12. The van der Waals surface area contributed by atoms with E-state index in [9.17, 15) is 4.79 Å². The number of hydrogen-bond donors (Lipinski definition) is 0. The summed E-state index contributed by atoms with van der Waals surface area (Å²) in [5.74, 6) is 1.88. The number of carbonyl (C=O) groups is 1. The summed E-state index contributed by atoms with van der Waals surface area (Å²) in [5.41, 5.74) is 1.66. The first kappa shape index (κ1) is 22.6. The topological polar surface area (TPSA) is 61.3 Å². The van der Waals surface area contributed by atoms with Crippen molar-refractivity contribution in [2.24, 2.45) is 0 Å². The number of hydrogen-bond acceptors (Lipinski definition) is 7. The van der Waals surface area contributed by atoms with Crippen LogP contribution in [0.4, 0.5) is 0 Å². The molecule has 2 heterocycles. The van der Waals surface area contributed by atoms with E-state index in [2.05, 4.69) is 0 Å². The number of esters is 1. The molecule has 0 aliphatic carbocycles. The Hall–Kier alpha value is -2.61. The minimum Gasteiger partial charge on any atom is -0.462 e. The Bertz CT molecular complexity index is 1280. The van der Waals surface area contributed by atoms with Crippen LogP contribution in [-0.2, 0) is 10.5 Å².